The fourth-order valence-electron chi connectivity index (χ4n) is 2.65. The predicted molar refractivity (Wildman–Crippen MR) is 100.0 cm³/mol. The maximum absolute atomic E-state index is 12.3. The first-order chi connectivity index (χ1) is 12.0. The molecule has 2 atom stereocenters. The van der Waals surface area contributed by atoms with E-state index in [1.807, 2.05) is 54.8 Å². The zero-order valence-corrected chi connectivity index (χ0v) is 15.1. The Hall–Kier alpha value is -2.34. The van der Waals surface area contributed by atoms with Crippen molar-refractivity contribution in [1.82, 2.24) is 10.6 Å². The number of thiophene rings is 1. The first-order valence-corrected chi connectivity index (χ1v) is 9.26. The second kappa shape index (κ2) is 9.84. The van der Waals surface area contributed by atoms with Crippen LogP contribution in [-0.4, -0.2) is 29.2 Å². The highest BCUT2D eigenvalue weighted by Gasteiger charge is 2.16. The quantitative estimate of drug-likeness (QED) is 0.641. The van der Waals surface area contributed by atoms with Gasteiger partial charge in [0, 0.05) is 29.8 Å². The third kappa shape index (κ3) is 7.39. The van der Waals surface area contributed by atoms with Crippen molar-refractivity contribution in [3.63, 3.8) is 0 Å². The molecule has 2 aromatic rings. The van der Waals surface area contributed by atoms with Gasteiger partial charge in [0.2, 0.25) is 0 Å². The number of hydrogen-bond acceptors (Lipinski definition) is 3. The molecule has 134 valence electrons. The van der Waals surface area contributed by atoms with Gasteiger partial charge in [0.05, 0.1) is 0 Å². The molecule has 1 aromatic heterocycles. The molecule has 0 fully saturated rings. The molecular formula is C19H24N2O3S. The molecular weight excluding hydrogens is 336 g/mol. The van der Waals surface area contributed by atoms with Crippen LogP contribution in [0.3, 0.4) is 0 Å². The van der Waals surface area contributed by atoms with Crippen LogP contribution in [0.1, 0.15) is 30.2 Å². The van der Waals surface area contributed by atoms with E-state index in [0.29, 0.717) is 12.8 Å². The van der Waals surface area contributed by atoms with Crippen LogP contribution in [0.4, 0.5) is 4.79 Å². The average molecular weight is 360 g/mol. The molecule has 1 heterocycles. The topological polar surface area (TPSA) is 78.4 Å². The molecule has 0 aliphatic heterocycles. The van der Waals surface area contributed by atoms with E-state index in [9.17, 15) is 9.59 Å². The van der Waals surface area contributed by atoms with Crippen molar-refractivity contribution in [3.05, 3.63) is 58.3 Å². The van der Waals surface area contributed by atoms with Gasteiger partial charge in [0.15, 0.2) is 0 Å². The Labute approximate surface area is 152 Å². The van der Waals surface area contributed by atoms with Gasteiger partial charge < -0.3 is 15.7 Å². The van der Waals surface area contributed by atoms with Crippen molar-refractivity contribution in [2.75, 3.05) is 0 Å². The van der Waals surface area contributed by atoms with Crippen LogP contribution in [0.15, 0.2) is 47.8 Å². The number of carboxylic acid groups (broad SMARTS) is 1. The second-order valence-electron chi connectivity index (χ2n) is 6.12. The normalized spacial score (nSPS) is 13.0. The summed E-state index contributed by atoms with van der Waals surface area (Å²) < 4.78 is 0. The maximum Gasteiger partial charge on any atom is 0.315 e. The molecule has 0 radical (unpaired) electrons. The molecule has 1 aromatic carbocycles. The molecule has 5 nitrogen and oxygen atoms in total. The summed E-state index contributed by atoms with van der Waals surface area (Å²) in [6.07, 6.45) is 1.82. The number of aliphatic carboxylic acids is 1. The van der Waals surface area contributed by atoms with E-state index in [2.05, 4.69) is 10.6 Å². The molecule has 25 heavy (non-hydrogen) atoms. The van der Waals surface area contributed by atoms with Crippen molar-refractivity contribution in [3.8, 4) is 0 Å². The summed E-state index contributed by atoms with van der Waals surface area (Å²) in [6, 6.07) is 13.3. The minimum absolute atomic E-state index is 0.00972. The molecule has 0 saturated heterocycles. The molecule has 2 amide bonds. The summed E-state index contributed by atoms with van der Waals surface area (Å²) in [5.74, 6) is -0.855. The molecule has 0 aliphatic rings. The van der Waals surface area contributed by atoms with E-state index in [0.717, 1.165) is 12.0 Å². The first kappa shape index (κ1) is 19.0. The van der Waals surface area contributed by atoms with E-state index in [1.165, 1.54) is 4.88 Å². The van der Waals surface area contributed by atoms with Crippen molar-refractivity contribution < 1.29 is 14.7 Å². The smallest absolute Gasteiger partial charge is 0.315 e. The zero-order valence-electron chi connectivity index (χ0n) is 14.3. The number of rotatable bonds is 9. The van der Waals surface area contributed by atoms with Crippen molar-refractivity contribution in [2.45, 2.75) is 44.7 Å². The van der Waals surface area contributed by atoms with Crippen molar-refractivity contribution in [2.24, 2.45) is 0 Å². The van der Waals surface area contributed by atoms with E-state index in [4.69, 9.17) is 5.11 Å². The van der Waals surface area contributed by atoms with Crippen LogP contribution in [0.25, 0.3) is 0 Å². The number of hydrogen-bond donors (Lipinski definition) is 3. The molecule has 2 unspecified atom stereocenters. The molecule has 6 heteroatoms. The van der Waals surface area contributed by atoms with Crippen LogP contribution < -0.4 is 10.6 Å². The third-order valence-corrected chi connectivity index (χ3v) is 4.73. The highest BCUT2D eigenvalue weighted by molar-refractivity contribution is 7.09. The Morgan fingerprint density at radius 3 is 2.48 bits per heavy atom. The predicted octanol–water partition coefficient (Wildman–Crippen LogP) is 3.45. The highest BCUT2D eigenvalue weighted by atomic mass is 32.1. The molecule has 3 N–H and O–H groups in total. The van der Waals surface area contributed by atoms with Gasteiger partial charge in [-0.05, 0) is 36.8 Å². The van der Waals surface area contributed by atoms with E-state index < -0.39 is 5.97 Å². The van der Waals surface area contributed by atoms with Gasteiger partial charge >= 0.3 is 12.0 Å². The van der Waals surface area contributed by atoms with Gasteiger partial charge in [0.25, 0.3) is 0 Å². The summed E-state index contributed by atoms with van der Waals surface area (Å²) in [5, 5.41) is 16.8. The van der Waals surface area contributed by atoms with E-state index in [-0.39, 0.29) is 24.5 Å². The maximum atomic E-state index is 12.3. The number of benzene rings is 1. The number of amides is 2. The number of carbonyl (C=O) groups is 2. The summed E-state index contributed by atoms with van der Waals surface area (Å²) in [4.78, 5) is 24.4. The van der Waals surface area contributed by atoms with Crippen LogP contribution >= 0.6 is 11.3 Å². The van der Waals surface area contributed by atoms with Gasteiger partial charge in [-0.15, -0.1) is 11.3 Å². The minimum Gasteiger partial charge on any atom is -0.481 e. The summed E-state index contributed by atoms with van der Waals surface area (Å²) >= 11 is 1.67. The minimum atomic E-state index is -0.855. The van der Waals surface area contributed by atoms with Crippen LogP contribution in [0.5, 0.6) is 0 Å². The number of carboxylic acids is 1. The molecule has 0 bridgehead atoms. The van der Waals surface area contributed by atoms with Gasteiger partial charge in [-0.25, -0.2) is 4.79 Å². The average Bonchev–Trinajstić information content (AvgIpc) is 3.06. The van der Waals surface area contributed by atoms with E-state index in [1.54, 1.807) is 11.3 Å². The highest BCUT2D eigenvalue weighted by Crippen LogP contribution is 2.11. The largest absolute Gasteiger partial charge is 0.481 e. The van der Waals surface area contributed by atoms with Gasteiger partial charge in [0.1, 0.15) is 0 Å². The molecule has 0 saturated carbocycles. The van der Waals surface area contributed by atoms with Crippen molar-refractivity contribution >= 4 is 23.3 Å². The standard InChI is InChI=1S/C19H24N2O3S/c1-14(12-17-8-5-11-25-17)20-19(24)21-16(9-10-18(22)23)13-15-6-3-2-4-7-15/h2-8,11,14,16H,9-10,12-13H2,1H3,(H,22,23)(H2,20,21,24). The SMILES string of the molecule is CC(Cc1cccs1)NC(=O)NC(CCC(=O)O)Cc1ccccc1. The molecule has 2 rings (SSSR count). The van der Waals surface area contributed by atoms with Crippen LogP contribution in [0.2, 0.25) is 0 Å². The Balaban J connectivity index is 1.87. The summed E-state index contributed by atoms with van der Waals surface area (Å²) in [7, 11) is 0. The van der Waals surface area contributed by atoms with Crippen LogP contribution in [0, 0.1) is 0 Å². The lowest BCUT2D eigenvalue weighted by Crippen LogP contribution is -2.46. The lowest BCUT2D eigenvalue weighted by atomic mass is 10.0. The third-order valence-electron chi connectivity index (χ3n) is 3.83. The van der Waals surface area contributed by atoms with E-state index >= 15 is 0 Å². The fraction of sp³-hybridized carbons (Fsp3) is 0.368. The van der Waals surface area contributed by atoms with Crippen LogP contribution in [-0.2, 0) is 17.6 Å². The summed E-state index contributed by atoms with van der Waals surface area (Å²) in [6.45, 7) is 1.96. The molecule has 0 spiro atoms. The van der Waals surface area contributed by atoms with Crippen molar-refractivity contribution in [1.29, 1.82) is 0 Å². The Morgan fingerprint density at radius 1 is 1.08 bits per heavy atom. The monoisotopic (exact) mass is 360 g/mol. The Bertz CT molecular complexity index is 659. The van der Waals surface area contributed by atoms with Gasteiger partial charge in [-0.2, -0.15) is 0 Å². The Kier molecular flexibility index (Phi) is 7.47. The first-order valence-electron chi connectivity index (χ1n) is 8.38. The van der Waals surface area contributed by atoms with Gasteiger partial charge in [-0.3, -0.25) is 4.79 Å². The zero-order chi connectivity index (χ0) is 18.1. The summed E-state index contributed by atoms with van der Waals surface area (Å²) in [5.41, 5.74) is 1.07. The fourth-order valence-corrected chi connectivity index (χ4v) is 3.49. The number of carbonyl (C=O) groups excluding carboxylic acids is 1. The van der Waals surface area contributed by atoms with Gasteiger partial charge in [-0.1, -0.05) is 36.4 Å². The lowest BCUT2D eigenvalue weighted by Gasteiger charge is -2.21. The number of urea groups is 1. The molecule has 0 aliphatic carbocycles. The second-order valence-corrected chi connectivity index (χ2v) is 7.15. The lowest BCUT2D eigenvalue weighted by molar-refractivity contribution is -0.137. The Morgan fingerprint density at radius 2 is 1.84 bits per heavy atom. The number of nitrogens with one attached hydrogen (secondary N) is 2.